The molecule has 0 radical (unpaired) electrons. The van der Waals surface area contributed by atoms with E-state index >= 15 is 0 Å². The maximum atomic E-state index is 5.53. The van der Waals surface area contributed by atoms with Crippen LogP contribution < -0.4 is 5.32 Å². The van der Waals surface area contributed by atoms with Gasteiger partial charge in [0, 0.05) is 23.7 Å². The number of para-hydroxylation sites is 1. The minimum Gasteiger partial charge on any atom is -0.383 e. The van der Waals surface area contributed by atoms with Gasteiger partial charge in [-0.2, -0.15) is 0 Å². The zero-order chi connectivity index (χ0) is 8.81. The lowest BCUT2D eigenvalue weighted by atomic mass is 10.2. The zero-order valence-electron chi connectivity index (χ0n) is 6.68. The molecule has 0 heterocycles. The lowest BCUT2D eigenvalue weighted by Gasteiger charge is -2.05. The summed E-state index contributed by atoms with van der Waals surface area (Å²) in [6.45, 7) is 0.736. The van der Waals surface area contributed by atoms with Crippen molar-refractivity contribution in [2.24, 2.45) is 0 Å². The fraction of sp³-hybridized carbons (Fsp3) is 0.200. The normalized spacial score (nSPS) is 9.00. The van der Waals surface area contributed by atoms with Gasteiger partial charge in [0.15, 0.2) is 0 Å². The van der Waals surface area contributed by atoms with Crippen molar-refractivity contribution in [1.29, 1.82) is 0 Å². The van der Waals surface area contributed by atoms with Gasteiger partial charge in [-0.25, -0.2) is 0 Å². The molecule has 0 aliphatic rings. The van der Waals surface area contributed by atoms with Crippen LogP contribution >= 0.6 is 11.6 Å². The largest absolute Gasteiger partial charge is 0.383 e. The maximum Gasteiger partial charge on any atom is 0.0499 e. The van der Waals surface area contributed by atoms with Crippen molar-refractivity contribution in [2.45, 2.75) is 0 Å². The molecular weight excluding hydrogens is 170 g/mol. The third kappa shape index (κ3) is 2.18. The summed E-state index contributed by atoms with van der Waals surface area (Å²) in [5.41, 5.74) is 1.85. The van der Waals surface area contributed by atoms with E-state index in [1.165, 1.54) is 0 Å². The predicted octanol–water partition coefficient (Wildman–Crippen LogP) is 2.32. The van der Waals surface area contributed by atoms with E-state index in [1.54, 1.807) is 0 Å². The minimum absolute atomic E-state index is 0.582. The molecule has 1 aromatic carbocycles. The van der Waals surface area contributed by atoms with Gasteiger partial charge in [-0.3, -0.25) is 0 Å². The number of rotatable bonds is 3. The number of nitrogens with one attached hydrogen (secondary N) is 1. The van der Waals surface area contributed by atoms with E-state index in [0.29, 0.717) is 5.88 Å². The number of halogens is 1. The molecule has 1 rings (SSSR count). The molecule has 0 aromatic heterocycles. The predicted molar refractivity (Wildman–Crippen MR) is 53.6 cm³/mol. The third-order valence-corrected chi connectivity index (χ3v) is 1.68. The number of hydrogen-bond acceptors (Lipinski definition) is 1. The van der Waals surface area contributed by atoms with Gasteiger partial charge in [-0.1, -0.05) is 18.1 Å². The van der Waals surface area contributed by atoms with Crippen LogP contribution in [0.25, 0.3) is 0 Å². The van der Waals surface area contributed by atoms with Gasteiger partial charge in [0.2, 0.25) is 0 Å². The number of terminal acetylenes is 1. The molecule has 62 valence electrons. The number of anilines is 1. The smallest absolute Gasteiger partial charge is 0.0499 e. The molecule has 0 spiro atoms. The molecule has 0 bridgehead atoms. The van der Waals surface area contributed by atoms with Gasteiger partial charge in [0.1, 0.15) is 0 Å². The Balaban J connectivity index is 2.77. The molecule has 0 aliphatic carbocycles. The Hall–Kier alpha value is -1.13. The molecule has 2 heteroatoms. The highest BCUT2D eigenvalue weighted by Crippen LogP contribution is 2.12. The molecule has 0 saturated carbocycles. The van der Waals surface area contributed by atoms with E-state index in [9.17, 15) is 0 Å². The lowest BCUT2D eigenvalue weighted by molar-refractivity contribution is 1.22. The summed E-state index contributed by atoms with van der Waals surface area (Å²) in [4.78, 5) is 0. The summed E-state index contributed by atoms with van der Waals surface area (Å²) in [5, 5.41) is 3.14. The summed E-state index contributed by atoms with van der Waals surface area (Å²) < 4.78 is 0. The van der Waals surface area contributed by atoms with E-state index in [1.807, 2.05) is 24.3 Å². The van der Waals surface area contributed by atoms with Crippen molar-refractivity contribution in [1.82, 2.24) is 0 Å². The van der Waals surface area contributed by atoms with Crippen LogP contribution in [0.5, 0.6) is 0 Å². The monoisotopic (exact) mass is 179 g/mol. The Morgan fingerprint density at radius 2 is 2.17 bits per heavy atom. The first-order valence-corrected chi connectivity index (χ1v) is 4.27. The van der Waals surface area contributed by atoms with Gasteiger partial charge in [0.25, 0.3) is 0 Å². The molecule has 0 saturated heterocycles. The van der Waals surface area contributed by atoms with Crippen LogP contribution in [0.15, 0.2) is 24.3 Å². The van der Waals surface area contributed by atoms with Crippen molar-refractivity contribution in [2.75, 3.05) is 17.7 Å². The number of hydrogen-bond donors (Lipinski definition) is 1. The van der Waals surface area contributed by atoms with Crippen LogP contribution in [0.2, 0.25) is 0 Å². The Morgan fingerprint density at radius 1 is 1.42 bits per heavy atom. The van der Waals surface area contributed by atoms with Crippen molar-refractivity contribution < 1.29 is 0 Å². The van der Waals surface area contributed by atoms with E-state index in [4.69, 9.17) is 18.0 Å². The molecule has 1 aromatic rings. The molecule has 0 amide bonds. The topological polar surface area (TPSA) is 12.0 Å². The minimum atomic E-state index is 0.582. The summed E-state index contributed by atoms with van der Waals surface area (Å²) >= 11 is 5.53. The van der Waals surface area contributed by atoms with Crippen LogP contribution in [-0.4, -0.2) is 12.4 Å². The van der Waals surface area contributed by atoms with E-state index in [2.05, 4.69) is 11.2 Å². The van der Waals surface area contributed by atoms with Crippen LogP contribution in [0.4, 0.5) is 5.69 Å². The zero-order valence-corrected chi connectivity index (χ0v) is 7.43. The number of benzene rings is 1. The highest BCUT2D eigenvalue weighted by molar-refractivity contribution is 6.18. The molecule has 1 nitrogen and oxygen atoms in total. The van der Waals surface area contributed by atoms with Crippen LogP contribution in [0.3, 0.4) is 0 Å². The van der Waals surface area contributed by atoms with Gasteiger partial charge in [-0.15, -0.1) is 18.0 Å². The maximum absolute atomic E-state index is 5.53. The second-order valence-corrected chi connectivity index (χ2v) is 2.68. The Bertz CT molecular complexity index is 288. The SMILES string of the molecule is C#Cc1ccccc1NCCCl. The molecule has 0 aliphatic heterocycles. The van der Waals surface area contributed by atoms with E-state index in [-0.39, 0.29) is 0 Å². The second-order valence-electron chi connectivity index (χ2n) is 2.31. The van der Waals surface area contributed by atoms with Crippen LogP contribution in [-0.2, 0) is 0 Å². The molecule has 0 unspecified atom stereocenters. The standard InChI is InChI=1S/C10H10ClN/c1-2-9-5-3-4-6-10(9)12-8-7-11/h1,3-6,12H,7-8H2. The van der Waals surface area contributed by atoms with E-state index < -0.39 is 0 Å². The lowest BCUT2D eigenvalue weighted by Crippen LogP contribution is -2.03. The van der Waals surface area contributed by atoms with Crippen molar-refractivity contribution in [3.05, 3.63) is 29.8 Å². The Labute approximate surface area is 77.7 Å². The molecule has 1 N–H and O–H groups in total. The van der Waals surface area contributed by atoms with Gasteiger partial charge in [0.05, 0.1) is 0 Å². The average molecular weight is 180 g/mol. The molecule has 0 atom stereocenters. The first kappa shape index (κ1) is 8.96. The third-order valence-electron chi connectivity index (χ3n) is 1.49. The van der Waals surface area contributed by atoms with Crippen LogP contribution in [0, 0.1) is 12.3 Å². The summed E-state index contributed by atoms with van der Waals surface area (Å²) in [7, 11) is 0. The summed E-state index contributed by atoms with van der Waals surface area (Å²) in [6.07, 6.45) is 5.30. The highest BCUT2D eigenvalue weighted by Gasteiger charge is 1.95. The Kier molecular flexibility index (Phi) is 3.50. The highest BCUT2D eigenvalue weighted by atomic mass is 35.5. The molecule has 0 fully saturated rings. The van der Waals surface area contributed by atoms with Crippen molar-refractivity contribution in [3.63, 3.8) is 0 Å². The second kappa shape index (κ2) is 4.69. The summed E-state index contributed by atoms with van der Waals surface area (Å²) in [6, 6.07) is 7.71. The first-order chi connectivity index (χ1) is 5.88. The molecule has 12 heavy (non-hydrogen) atoms. The first-order valence-electron chi connectivity index (χ1n) is 3.74. The van der Waals surface area contributed by atoms with Crippen molar-refractivity contribution >= 4 is 17.3 Å². The number of alkyl halides is 1. The fourth-order valence-electron chi connectivity index (χ4n) is 0.945. The quantitative estimate of drug-likeness (QED) is 0.555. The average Bonchev–Trinajstić information content (AvgIpc) is 2.15. The van der Waals surface area contributed by atoms with Gasteiger partial charge >= 0.3 is 0 Å². The Morgan fingerprint density at radius 3 is 2.83 bits per heavy atom. The van der Waals surface area contributed by atoms with Crippen LogP contribution in [0.1, 0.15) is 5.56 Å². The van der Waals surface area contributed by atoms with Gasteiger partial charge in [-0.05, 0) is 12.1 Å². The van der Waals surface area contributed by atoms with Gasteiger partial charge < -0.3 is 5.32 Å². The fourth-order valence-corrected chi connectivity index (χ4v) is 1.04. The van der Waals surface area contributed by atoms with E-state index in [0.717, 1.165) is 17.8 Å². The summed E-state index contributed by atoms with van der Waals surface area (Å²) in [5.74, 6) is 3.18. The van der Waals surface area contributed by atoms with Crippen molar-refractivity contribution in [3.8, 4) is 12.3 Å². The molecular formula is C10H10ClN.